The van der Waals surface area contributed by atoms with Crippen molar-refractivity contribution in [1.29, 1.82) is 0 Å². The van der Waals surface area contributed by atoms with E-state index in [0.29, 0.717) is 45.8 Å². The van der Waals surface area contributed by atoms with Crippen LogP contribution in [0.15, 0.2) is 12.3 Å². The molecule has 23 heavy (non-hydrogen) atoms. The summed E-state index contributed by atoms with van der Waals surface area (Å²) < 4.78 is 21.1. The Morgan fingerprint density at radius 3 is 2.96 bits per heavy atom. The Kier molecular flexibility index (Phi) is 5.27. The van der Waals surface area contributed by atoms with Crippen LogP contribution in [-0.2, 0) is 22.5 Å². The van der Waals surface area contributed by atoms with Gasteiger partial charge in [-0.3, -0.25) is 14.4 Å². The van der Waals surface area contributed by atoms with Crippen LogP contribution in [0.2, 0.25) is 0 Å². The molecule has 6 nitrogen and oxygen atoms in total. The highest BCUT2D eigenvalue weighted by atomic mass is 19.1. The molecule has 2 aliphatic rings. The number of carbonyl (C=O) groups is 1. The topological polar surface area (TPSA) is 50.6 Å². The monoisotopic (exact) mass is 324 g/mol. The third-order valence-corrected chi connectivity index (χ3v) is 4.72. The molecular formula is C16H25FN4O2. The standard InChI is InChI=1S/C16H25FN4O2/c1-2-21-14(3-5-18-21)4-6-20-12-13(17)11-15(20)16(22)19-7-9-23-10-8-19/h3,5,13,15H,2,4,6-12H2,1H3/t13-,15+/m1/s1. The second-order valence-electron chi connectivity index (χ2n) is 6.17. The lowest BCUT2D eigenvalue weighted by Crippen LogP contribution is -2.50. The van der Waals surface area contributed by atoms with Gasteiger partial charge in [-0.1, -0.05) is 0 Å². The van der Waals surface area contributed by atoms with Gasteiger partial charge in [-0.15, -0.1) is 0 Å². The molecule has 2 atom stereocenters. The fourth-order valence-electron chi connectivity index (χ4n) is 3.46. The van der Waals surface area contributed by atoms with E-state index in [1.165, 1.54) is 0 Å². The second kappa shape index (κ2) is 7.40. The Morgan fingerprint density at radius 1 is 1.43 bits per heavy atom. The van der Waals surface area contributed by atoms with Crippen LogP contribution in [-0.4, -0.2) is 77.1 Å². The predicted molar refractivity (Wildman–Crippen MR) is 83.9 cm³/mol. The first-order valence-electron chi connectivity index (χ1n) is 8.44. The van der Waals surface area contributed by atoms with E-state index in [1.807, 2.05) is 20.5 Å². The smallest absolute Gasteiger partial charge is 0.240 e. The molecule has 3 heterocycles. The van der Waals surface area contributed by atoms with Gasteiger partial charge < -0.3 is 9.64 Å². The number of hydrogen-bond acceptors (Lipinski definition) is 4. The molecule has 0 saturated carbocycles. The van der Waals surface area contributed by atoms with Gasteiger partial charge >= 0.3 is 0 Å². The zero-order chi connectivity index (χ0) is 16.2. The van der Waals surface area contributed by atoms with E-state index >= 15 is 0 Å². The number of morpholine rings is 1. The predicted octanol–water partition coefficient (Wildman–Crippen LogP) is 0.717. The molecule has 2 saturated heterocycles. The van der Waals surface area contributed by atoms with Crippen molar-refractivity contribution in [3.05, 3.63) is 18.0 Å². The average molecular weight is 324 g/mol. The minimum atomic E-state index is -0.916. The van der Waals surface area contributed by atoms with Gasteiger partial charge in [-0.05, 0) is 13.0 Å². The van der Waals surface area contributed by atoms with Crippen LogP contribution >= 0.6 is 0 Å². The number of alkyl halides is 1. The Bertz CT molecular complexity index is 530. The van der Waals surface area contributed by atoms with Crippen LogP contribution < -0.4 is 0 Å². The van der Waals surface area contributed by atoms with E-state index in [4.69, 9.17) is 4.74 Å². The Balaban J connectivity index is 1.61. The number of ether oxygens (including phenoxy) is 1. The van der Waals surface area contributed by atoms with Crippen molar-refractivity contribution in [2.45, 2.75) is 38.5 Å². The molecule has 3 rings (SSSR count). The van der Waals surface area contributed by atoms with Crippen molar-refractivity contribution in [3.63, 3.8) is 0 Å². The van der Waals surface area contributed by atoms with Gasteiger partial charge in [0.1, 0.15) is 6.17 Å². The number of aromatic nitrogens is 2. The number of carbonyl (C=O) groups excluding carboxylic acids is 1. The summed E-state index contributed by atoms with van der Waals surface area (Å²) in [6, 6.07) is 1.66. The van der Waals surface area contributed by atoms with Gasteiger partial charge in [0.2, 0.25) is 5.91 Å². The maximum atomic E-state index is 13.9. The van der Waals surface area contributed by atoms with Gasteiger partial charge in [0.05, 0.1) is 19.3 Å². The number of likely N-dealkylation sites (tertiary alicyclic amines) is 1. The summed E-state index contributed by atoms with van der Waals surface area (Å²) in [5, 5.41) is 4.26. The fourth-order valence-corrected chi connectivity index (χ4v) is 3.46. The number of amides is 1. The first-order valence-corrected chi connectivity index (χ1v) is 8.44. The van der Waals surface area contributed by atoms with Crippen molar-refractivity contribution in [2.24, 2.45) is 0 Å². The Hall–Kier alpha value is -1.47. The lowest BCUT2D eigenvalue weighted by atomic mass is 10.1. The number of halogens is 1. The lowest BCUT2D eigenvalue weighted by Gasteiger charge is -2.32. The van der Waals surface area contributed by atoms with Crippen LogP contribution in [0.25, 0.3) is 0 Å². The van der Waals surface area contributed by atoms with E-state index in [1.54, 1.807) is 6.20 Å². The summed E-state index contributed by atoms with van der Waals surface area (Å²) in [6.07, 6.45) is 1.97. The van der Waals surface area contributed by atoms with Crippen LogP contribution in [0.4, 0.5) is 4.39 Å². The van der Waals surface area contributed by atoms with Crippen molar-refractivity contribution in [2.75, 3.05) is 39.4 Å². The highest BCUT2D eigenvalue weighted by Gasteiger charge is 2.39. The van der Waals surface area contributed by atoms with Crippen molar-refractivity contribution in [3.8, 4) is 0 Å². The van der Waals surface area contributed by atoms with Crippen molar-refractivity contribution < 1.29 is 13.9 Å². The summed E-state index contributed by atoms with van der Waals surface area (Å²) in [7, 11) is 0. The Morgan fingerprint density at radius 2 is 2.22 bits per heavy atom. The molecule has 0 aliphatic carbocycles. The van der Waals surface area contributed by atoms with E-state index < -0.39 is 6.17 Å². The molecule has 0 unspecified atom stereocenters. The molecule has 0 N–H and O–H groups in total. The number of hydrogen-bond donors (Lipinski definition) is 0. The molecular weight excluding hydrogens is 299 g/mol. The quantitative estimate of drug-likeness (QED) is 0.801. The molecule has 1 aromatic rings. The van der Waals surface area contributed by atoms with Crippen molar-refractivity contribution in [1.82, 2.24) is 19.6 Å². The zero-order valence-corrected chi connectivity index (χ0v) is 13.7. The average Bonchev–Trinajstić information content (AvgIpc) is 3.18. The highest BCUT2D eigenvalue weighted by molar-refractivity contribution is 5.82. The van der Waals surface area contributed by atoms with Crippen LogP contribution in [0.3, 0.4) is 0 Å². The molecule has 1 amide bonds. The van der Waals surface area contributed by atoms with E-state index in [-0.39, 0.29) is 11.9 Å². The second-order valence-corrected chi connectivity index (χ2v) is 6.17. The zero-order valence-electron chi connectivity index (χ0n) is 13.7. The lowest BCUT2D eigenvalue weighted by molar-refractivity contribution is -0.140. The number of aryl methyl sites for hydroxylation is 1. The minimum Gasteiger partial charge on any atom is -0.378 e. The third-order valence-electron chi connectivity index (χ3n) is 4.72. The van der Waals surface area contributed by atoms with Gasteiger partial charge in [-0.25, -0.2) is 4.39 Å². The van der Waals surface area contributed by atoms with Gasteiger partial charge in [0.25, 0.3) is 0 Å². The third kappa shape index (κ3) is 3.72. The van der Waals surface area contributed by atoms with Crippen LogP contribution in [0.5, 0.6) is 0 Å². The Labute approximate surface area is 136 Å². The van der Waals surface area contributed by atoms with Crippen LogP contribution in [0, 0.1) is 0 Å². The summed E-state index contributed by atoms with van der Waals surface area (Å²) >= 11 is 0. The SMILES string of the molecule is CCn1nccc1CCN1C[C@H](F)C[C@H]1C(=O)N1CCOCC1. The van der Waals surface area contributed by atoms with E-state index in [9.17, 15) is 9.18 Å². The number of rotatable bonds is 5. The summed E-state index contributed by atoms with van der Waals surface area (Å²) in [5.41, 5.74) is 1.13. The molecule has 0 aromatic carbocycles. The molecule has 0 radical (unpaired) electrons. The van der Waals surface area contributed by atoms with Crippen LogP contribution in [0.1, 0.15) is 19.0 Å². The maximum absolute atomic E-state index is 13.9. The molecule has 7 heteroatoms. The van der Waals surface area contributed by atoms with E-state index in [2.05, 4.69) is 12.0 Å². The molecule has 128 valence electrons. The fraction of sp³-hybridized carbons (Fsp3) is 0.750. The molecule has 0 bridgehead atoms. The molecule has 0 spiro atoms. The first kappa shape index (κ1) is 16.4. The summed E-state index contributed by atoms with van der Waals surface area (Å²) in [6.45, 7) is 6.29. The van der Waals surface area contributed by atoms with Crippen molar-refractivity contribution >= 4 is 5.91 Å². The number of nitrogens with zero attached hydrogens (tertiary/aromatic N) is 4. The first-order chi connectivity index (χ1) is 11.2. The molecule has 2 aliphatic heterocycles. The molecule has 1 aromatic heterocycles. The van der Waals surface area contributed by atoms with Gasteiger partial charge in [-0.2, -0.15) is 5.10 Å². The highest BCUT2D eigenvalue weighted by Crippen LogP contribution is 2.23. The largest absolute Gasteiger partial charge is 0.378 e. The van der Waals surface area contributed by atoms with E-state index in [0.717, 1.165) is 18.7 Å². The molecule has 2 fully saturated rings. The summed E-state index contributed by atoms with van der Waals surface area (Å²) in [5.74, 6) is 0.0532. The maximum Gasteiger partial charge on any atom is 0.240 e. The van der Waals surface area contributed by atoms with Gasteiger partial charge in [0.15, 0.2) is 0 Å². The minimum absolute atomic E-state index is 0.0532. The summed E-state index contributed by atoms with van der Waals surface area (Å²) in [4.78, 5) is 16.5. The van der Waals surface area contributed by atoms with Gasteiger partial charge in [0, 0.05) is 57.5 Å². The normalized spacial score (nSPS) is 25.9.